The average molecular weight is 485 g/mol. The Hall–Kier alpha value is -1.38. The van der Waals surface area contributed by atoms with Crippen LogP contribution in [0.5, 0.6) is 5.75 Å². The summed E-state index contributed by atoms with van der Waals surface area (Å²) < 4.78 is 52.3. The summed E-state index contributed by atoms with van der Waals surface area (Å²) in [6, 6.07) is 1.00. The van der Waals surface area contributed by atoms with Gasteiger partial charge < -0.3 is 18.8 Å². The number of carbonyl (C=O) groups excluding carboxylic acids is 1. The molecule has 0 aromatic heterocycles. The van der Waals surface area contributed by atoms with Gasteiger partial charge in [0.2, 0.25) is 0 Å². The number of alkyl halides is 1. The smallest absolute Gasteiger partial charge is 0.477 e. The van der Waals surface area contributed by atoms with Crippen LogP contribution in [0.1, 0.15) is 70.3 Å². The molecule has 0 amide bonds. The van der Waals surface area contributed by atoms with Crippen LogP contribution in [0.25, 0.3) is 0 Å². The molecule has 0 radical (unpaired) electrons. The van der Waals surface area contributed by atoms with Crippen LogP contribution in [0.2, 0.25) is 0 Å². The summed E-state index contributed by atoms with van der Waals surface area (Å²) >= 11 is 6.70. The van der Waals surface area contributed by atoms with E-state index in [1.54, 1.807) is 20.8 Å². The fraction of sp³-hybridized carbons (Fsp3) is 0.708. The largest absolute Gasteiger partial charge is 0.495 e. The number of methoxy groups -OCH3 is 1. The van der Waals surface area contributed by atoms with Crippen molar-refractivity contribution >= 4 is 24.7 Å². The second kappa shape index (κ2) is 8.09. The molecule has 5 atom stereocenters. The number of halogens is 3. The first-order valence-corrected chi connectivity index (χ1v) is 11.9. The Kier molecular flexibility index (Phi) is 6.07. The number of rotatable bonds is 5. The highest BCUT2D eigenvalue weighted by molar-refractivity contribution is 6.60. The molecule has 1 aliphatic heterocycles. The van der Waals surface area contributed by atoms with Gasteiger partial charge in [0.1, 0.15) is 16.9 Å². The van der Waals surface area contributed by atoms with Gasteiger partial charge in [0.15, 0.2) is 11.6 Å². The molecular weight excluding hydrogens is 453 g/mol. The van der Waals surface area contributed by atoms with Crippen molar-refractivity contribution in [2.75, 3.05) is 7.11 Å². The third-order valence-electron chi connectivity index (χ3n) is 7.74. The molecule has 0 N–H and O–H groups in total. The maximum Gasteiger partial charge on any atom is 0.477 e. The van der Waals surface area contributed by atoms with Crippen LogP contribution in [0, 0.1) is 28.9 Å². The van der Waals surface area contributed by atoms with Crippen LogP contribution < -0.4 is 4.74 Å². The summed E-state index contributed by atoms with van der Waals surface area (Å²) in [5, 5.41) is -0.696. The normalized spacial score (nSPS) is 31.0. The topological polar surface area (TPSA) is 54.0 Å². The van der Waals surface area contributed by atoms with Crippen molar-refractivity contribution in [1.29, 1.82) is 0 Å². The quantitative estimate of drug-likeness (QED) is 0.320. The highest BCUT2D eigenvalue weighted by Gasteiger charge is 2.68. The predicted molar refractivity (Wildman–Crippen MR) is 122 cm³/mol. The van der Waals surface area contributed by atoms with Gasteiger partial charge in [-0.1, -0.05) is 13.8 Å². The van der Waals surface area contributed by atoms with Crippen LogP contribution in [0.3, 0.4) is 0 Å². The van der Waals surface area contributed by atoms with Gasteiger partial charge in [0.25, 0.3) is 0 Å². The molecule has 0 spiro atoms. The molecule has 2 bridgehead atoms. The molecule has 33 heavy (non-hydrogen) atoms. The number of benzene rings is 1. The number of ether oxygens (including phenoxy) is 2. The molecule has 5 rings (SSSR count). The molecule has 1 heterocycles. The maximum absolute atomic E-state index is 14.6. The van der Waals surface area contributed by atoms with Crippen molar-refractivity contribution < 1.29 is 32.4 Å². The van der Waals surface area contributed by atoms with Crippen molar-refractivity contribution in [3.63, 3.8) is 0 Å². The Morgan fingerprint density at radius 3 is 2.55 bits per heavy atom. The molecule has 3 aliphatic carbocycles. The molecule has 9 heteroatoms. The van der Waals surface area contributed by atoms with Gasteiger partial charge in [-0.15, -0.1) is 11.6 Å². The van der Waals surface area contributed by atoms with E-state index in [0.717, 1.165) is 18.9 Å². The van der Waals surface area contributed by atoms with Crippen molar-refractivity contribution in [2.24, 2.45) is 17.3 Å². The molecule has 1 aromatic carbocycles. The average Bonchev–Trinajstić information content (AvgIpc) is 3.05. The van der Waals surface area contributed by atoms with Crippen molar-refractivity contribution in [3.8, 4) is 5.75 Å². The first-order chi connectivity index (χ1) is 15.2. The fourth-order valence-corrected chi connectivity index (χ4v) is 6.19. The molecule has 182 valence electrons. The molecule has 4 fully saturated rings. The van der Waals surface area contributed by atoms with Crippen LogP contribution >= 0.6 is 11.6 Å². The zero-order valence-electron chi connectivity index (χ0n) is 20.3. The van der Waals surface area contributed by atoms with E-state index in [-0.39, 0.29) is 29.3 Å². The molecule has 1 unspecified atom stereocenters. The molecule has 3 saturated carbocycles. The van der Waals surface area contributed by atoms with Gasteiger partial charge in [-0.05, 0) is 75.8 Å². The summed E-state index contributed by atoms with van der Waals surface area (Å²) in [5.74, 6) is -2.62. The summed E-state index contributed by atoms with van der Waals surface area (Å²) in [7, 11) is 0.584. The van der Waals surface area contributed by atoms with Gasteiger partial charge in [-0.25, -0.2) is 13.6 Å². The zero-order valence-corrected chi connectivity index (χ0v) is 21.0. The number of hydrogen-bond donors (Lipinski definition) is 0. The first kappa shape index (κ1) is 24.7. The van der Waals surface area contributed by atoms with Crippen molar-refractivity contribution in [1.82, 2.24) is 0 Å². The van der Waals surface area contributed by atoms with Gasteiger partial charge in [-0.3, -0.25) is 0 Å². The van der Waals surface area contributed by atoms with Gasteiger partial charge in [0, 0.05) is 0 Å². The summed E-state index contributed by atoms with van der Waals surface area (Å²) in [5.41, 5.74) is -1.47. The number of hydrogen-bond acceptors (Lipinski definition) is 5. The molecule has 5 nitrogen and oxygen atoms in total. The maximum atomic E-state index is 14.6. The second-order valence-corrected chi connectivity index (χ2v) is 11.9. The van der Waals surface area contributed by atoms with E-state index in [1.165, 1.54) is 7.11 Å². The molecule has 1 aromatic rings. The lowest BCUT2D eigenvalue weighted by atomic mass is 9.43. The second-order valence-electron chi connectivity index (χ2n) is 11.3. The van der Waals surface area contributed by atoms with Gasteiger partial charge in [-0.2, -0.15) is 0 Å². The van der Waals surface area contributed by atoms with Crippen LogP contribution in [0.4, 0.5) is 8.78 Å². The summed E-state index contributed by atoms with van der Waals surface area (Å²) in [6.45, 7) is 11.6. The first-order valence-electron chi connectivity index (χ1n) is 11.4. The Morgan fingerprint density at radius 1 is 1.30 bits per heavy atom. The lowest BCUT2D eigenvalue weighted by Gasteiger charge is -2.64. The highest BCUT2D eigenvalue weighted by Crippen LogP contribution is 2.65. The van der Waals surface area contributed by atoms with E-state index in [0.29, 0.717) is 11.8 Å². The van der Waals surface area contributed by atoms with E-state index in [9.17, 15) is 13.6 Å². The van der Waals surface area contributed by atoms with E-state index < -0.39 is 46.8 Å². The zero-order chi connectivity index (χ0) is 24.5. The predicted octanol–water partition coefficient (Wildman–Crippen LogP) is 5.35. The fourth-order valence-electron chi connectivity index (χ4n) is 5.92. The SMILES string of the molecule is COc1c(CC(Cl)B2O[C@@H]3C[C@@H]4C[C@@H](C4(C)C)[C@]3(C)O2)cc(F)c(F)c1C(=O)OC(C)(C)C. The Labute approximate surface area is 199 Å². The highest BCUT2D eigenvalue weighted by atomic mass is 35.5. The minimum Gasteiger partial charge on any atom is -0.495 e. The van der Waals surface area contributed by atoms with Crippen LogP contribution in [0.15, 0.2) is 6.07 Å². The molecular formula is C24H32BClF2O5. The van der Waals surface area contributed by atoms with E-state index in [2.05, 4.69) is 20.8 Å². The van der Waals surface area contributed by atoms with Crippen molar-refractivity contribution in [2.45, 2.75) is 83.4 Å². The van der Waals surface area contributed by atoms with Crippen LogP contribution in [-0.4, -0.2) is 42.8 Å². The third kappa shape index (κ3) is 4.06. The Morgan fingerprint density at radius 2 is 1.97 bits per heavy atom. The lowest BCUT2D eigenvalue weighted by molar-refractivity contribution is -0.199. The number of esters is 1. The van der Waals surface area contributed by atoms with E-state index in [1.807, 2.05) is 0 Å². The van der Waals surface area contributed by atoms with Gasteiger partial charge >= 0.3 is 13.1 Å². The summed E-state index contributed by atoms with van der Waals surface area (Å²) in [4.78, 5) is 12.6. The monoisotopic (exact) mass is 484 g/mol. The standard InChI is InChI=1S/C24H32BClF2O5/c1-22(2,3)31-21(29)18-19(28)14(27)8-12(20(18)30-7)9-17(26)25-32-16-11-13-10-15(23(13,4)5)24(16,6)33-25/h8,13,15-17H,9-11H2,1-7H3/t13-,15-,16+,17?,24-/m0/s1. The molecule has 1 saturated heterocycles. The summed E-state index contributed by atoms with van der Waals surface area (Å²) in [6.07, 6.45) is 2.03. The minimum absolute atomic E-state index is 0.0512. The lowest BCUT2D eigenvalue weighted by Crippen LogP contribution is -2.65. The third-order valence-corrected chi connectivity index (χ3v) is 8.10. The minimum atomic E-state index is -1.31. The van der Waals surface area contributed by atoms with Crippen LogP contribution in [-0.2, 0) is 20.5 Å². The van der Waals surface area contributed by atoms with Gasteiger partial charge in [0.05, 0.1) is 24.1 Å². The molecule has 4 aliphatic rings. The Balaban J connectivity index is 1.58. The van der Waals surface area contributed by atoms with E-state index >= 15 is 0 Å². The van der Waals surface area contributed by atoms with E-state index in [4.69, 9.17) is 30.4 Å². The van der Waals surface area contributed by atoms with Crippen molar-refractivity contribution in [3.05, 3.63) is 28.8 Å². The Bertz CT molecular complexity index is 965. The number of carbonyl (C=O) groups is 1.